The maximum atomic E-state index is 13.1. The van der Waals surface area contributed by atoms with Crippen LogP contribution in [0.15, 0.2) is 47.4 Å². The van der Waals surface area contributed by atoms with E-state index in [1.54, 1.807) is 18.2 Å². The molecule has 1 N–H and O–H groups in total. The summed E-state index contributed by atoms with van der Waals surface area (Å²) in [6.07, 6.45) is 3.33. The molecule has 1 fully saturated rings. The van der Waals surface area contributed by atoms with E-state index in [4.69, 9.17) is 0 Å². The smallest absolute Gasteiger partial charge is 0.243 e. The number of anilines is 2. The molecular weight excluding hydrogens is 426 g/mol. The van der Waals surface area contributed by atoms with Crippen LogP contribution < -0.4 is 10.2 Å². The molecule has 1 aliphatic carbocycles. The number of amides is 2. The number of likely N-dealkylation sites (N-methyl/N-ethyl adjacent to an activating group) is 1. The zero-order chi connectivity index (χ0) is 23.0. The maximum Gasteiger partial charge on any atom is 0.243 e. The lowest BCUT2D eigenvalue weighted by Gasteiger charge is -2.23. The van der Waals surface area contributed by atoms with E-state index in [-0.39, 0.29) is 29.3 Å². The van der Waals surface area contributed by atoms with Crippen molar-refractivity contribution in [1.29, 1.82) is 0 Å². The van der Waals surface area contributed by atoms with Gasteiger partial charge in [0.1, 0.15) is 0 Å². The van der Waals surface area contributed by atoms with E-state index in [9.17, 15) is 18.0 Å². The first-order valence-corrected chi connectivity index (χ1v) is 12.5. The normalized spacial score (nSPS) is 18.0. The Morgan fingerprint density at radius 2 is 1.91 bits per heavy atom. The number of carbonyl (C=O) groups is 2. The molecule has 8 heteroatoms. The minimum atomic E-state index is -3.85. The van der Waals surface area contributed by atoms with Crippen molar-refractivity contribution in [2.75, 3.05) is 23.8 Å². The first-order valence-electron chi connectivity index (χ1n) is 11.0. The molecule has 0 radical (unpaired) electrons. The van der Waals surface area contributed by atoms with Crippen LogP contribution in [0.2, 0.25) is 0 Å². The number of sulfonamides is 1. The van der Waals surface area contributed by atoms with Gasteiger partial charge in [0, 0.05) is 30.4 Å². The van der Waals surface area contributed by atoms with Gasteiger partial charge in [-0.15, -0.1) is 0 Å². The molecule has 1 atom stereocenters. The monoisotopic (exact) mass is 455 g/mol. The summed E-state index contributed by atoms with van der Waals surface area (Å²) >= 11 is 0. The van der Waals surface area contributed by atoms with Crippen molar-refractivity contribution in [3.8, 4) is 0 Å². The predicted molar refractivity (Wildman–Crippen MR) is 124 cm³/mol. The fraction of sp³-hybridized carbons (Fsp3) is 0.417. The van der Waals surface area contributed by atoms with E-state index in [1.165, 1.54) is 13.1 Å². The third-order valence-corrected chi connectivity index (χ3v) is 7.92. The Kier molecular flexibility index (Phi) is 6.09. The highest BCUT2D eigenvalue weighted by molar-refractivity contribution is 7.89. The van der Waals surface area contributed by atoms with Crippen LogP contribution in [0.5, 0.6) is 0 Å². The molecule has 2 amide bonds. The first kappa shape index (κ1) is 22.5. The number of hydrogen-bond donors (Lipinski definition) is 1. The van der Waals surface area contributed by atoms with Gasteiger partial charge in [-0.2, -0.15) is 4.31 Å². The van der Waals surface area contributed by atoms with Crippen LogP contribution in [0.4, 0.5) is 11.4 Å². The van der Waals surface area contributed by atoms with E-state index in [0.717, 1.165) is 40.4 Å². The Bertz CT molecular complexity index is 1160. The lowest BCUT2D eigenvalue weighted by Crippen LogP contribution is -2.36. The summed E-state index contributed by atoms with van der Waals surface area (Å²) < 4.78 is 27.3. The summed E-state index contributed by atoms with van der Waals surface area (Å²) in [4.78, 5) is 27.0. The van der Waals surface area contributed by atoms with Crippen LogP contribution in [-0.4, -0.2) is 44.2 Å². The van der Waals surface area contributed by atoms with Gasteiger partial charge in [0.05, 0.1) is 11.4 Å². The minimum absolute atomic E-state index is 0.0124. The Labute approximate surface area is 189 Å². The molecule has 4 rings (SSSR count). The highest BCUT2D eigenvalue weighted by atomic mass is 32.2. The molecule has 2 aromatic rings. The standard InChI is InChI=1S/C24H29N3O4S/c1-4-17-6-5-7-20(13-17)25-23(28)15-26(3)32(30,31)21-10-11-22-19(14-21)12-16(2)27(22)24(29)18-8-9-18/h5-7,10-11,13-14,16,18H,4,8-9,12,15H2,1-3H3,(H,25,28)/t16-/m0/s1. The van der Waals surface area contributed by atoms with Crippen LogP contribution in [0, 0.1) is 5.92 Å². The zero-order valence-corrected chi connectivity index (χ0v) is 19.5. The number of carbonyl (C=O) groups excluding carboxylic acids is 2. The SMILES string of the molecule is CCc1cccc(NC(=O)CN(C)S(=O)(=O)c2ccc3c(c2)C[C@H](C)N3C(=O)C2CC2)c1. The van der Waals surface area contributed by atoms with Crippen molar-refractivity contribution in [3.05, 3.63) is 53.6 Å². The van der Waals surface area contributed by atoms with Crippen molar-refractivity contribution < 1.29 is 18.0 Å². The van der Waals surface area contributed by atoms with Gasteiger partial charge in [-0.25, -0.2) is 8.42 Å². The fourth-order valence-corrected chi connectivity index (χ4v) is 5.35. The second kappa shape index (κ2) is 8.67. The number of benzene rings is 2. The number of rotatable bonds is 7. The van der Waals surface area contributed by atoms with Crippen molar-refractivity contribution in [2.45, 2.75) is 50.5 Å². The summed E-state index contributed by atoms with van der Waals surface area (Å²) in [6, 6.07) is 12.4. The Morgan fingerprint density at radius 3 is 2.59 bits per heavy atom. The summed E-state index contributed by atoms with van der Waals surface area (Å²) in [5, 5.41) is 2.76. The highest BCUT2D eigenvalue weighted by Gasteiger charge is 2.40. The highest BCUT2D eigenvalue weighted by Crippen LogP contribution is 2.39. The van der Waals surface area contributed by atoms with Crippen LogP contribution in [0.3, 0.4) is 0 Å². The fourth-order valence-electron chi connectivity index (χ4n) is 4.17. The first-order chi connectivity index (χ1) is 15.2. The van der Waals surface area contributed by atoms with Crippen molar-refractivity contribution >= 4 is 33.2 Å². The van der Waals surface area contributed by atoms with E-state index >= 15 is 0 Å². The van der Waals surface area contributed by atoms with Crippen LogP contribution in [-0.2, 0) is 32.5 Å². The molecule has 32 heavy (non-hydrogen) atoms. The lowest BCUT2D eigenvalue weighted by molar-refractivity contribution is -0.120. The summed E-state index contributed by atoms with van der Waals surface area (Å²) in [6.45, 7) is 3.72. The van der Waals surface area contributed by atoms with Crippen LogP contribution in [0.25, 0.3) is 0 Å². The van der Waals surface area contributed by atoms with Gasteiger partial charge in [0.2, 0.25) is 21.8 Å². The Hall–Kier alpha value is -2.71. The van der Waals surface area contributed by atoms with E-state index in [1.807, 2.05) is 36.9 Å². The number of nitrogens with one attached hydrogen (secondary N) is 1. The van der Waals surface area contributed by atoms with E-state index in [0.29, 0.717) is 12.1 Å². The van der Waals surface area contributed by atoms with Gasteiger partial charge in [-0.1, -0.05) is 19.1 Å². The summed E-state index contributed by atoms with van der Waals surface area (Å²) in [5.74, 6) is -0.164. The third-order valence-electron chi connectivity index (χ3n) is 6.12. The summed E-state index contributed by atoms with van der Waals surface area (Å²) in [7, 11) is -2.45. The second-order valence-electron chi connectivity index (χ2n) is 8.69. The van der Waals surface area contributed by atoms with Gasteiger partial charge >= 0.3 is 0 Å². The molecular formula is C24H29N3O4S. The lowest BCUT2D eigenvalue weighted by atomic mass is 10.1. The Balaban J connectivity index is 1.47. The molecule has 1 aliphatic heterocycles. The van der Waals surface area contributed by atoms with E-state index < -0.39 is 15.9 Å². The van der Waals surface area contributed by atoms with Crippen molar-refractivity contribution in [3.63, 3.8) is 0 Å². The second-order valence-corrected chi connectivity index (χ2v) is 10.7. The minimum Gasteiger partial charge on any atom is -0.325 e. The average Bonchev–Trinajstić information content (AvgIpc) is 3.55. The Morgan fingerprint density at radius 1 is 1.16 bits per heavy atom. The van der Waals surface area contributed by atoms with Crippen LogP contribution in [0.1, 0.15) is 37.8 Å². The molecule has 1 saturated carbocycles. The third kappa shape index (κ3) is 4.42. The van der Waals surface area contributed by atoms with E-state index in [2.05, 4.69) is 5.32 Å². The quantitative estimate of drug-likeness (QED) is 0.695. The van der Waals surface area contributed by atoms with Gasteiger partial charge < -0.3 is 10.2 Å². The molecule has 0 spiro atoms. The average molecular weight is 456 g/mol. The summed E-state index contributed by atoms with van der Waals surface area (Å²) in [5.41, 5.74) is 3.38. The largest absolute Gasteiger partial charge is 0.325 e. The zero-order valence-electron chi connectivity index (χ0n) is 18.7. The number of hydrogen-bond acceptors (Lipinski definition) is 4. The molecule has 0 saturated heterocycles. The topological polar surface area (TPSA) is 86.8 Å². The predicted octanol–water partition coefficient (Wildman–Crippen LogP) is 3.20. The molecule has 2 aromatic carbocycles. The number of nitrogens with zero attached hydrogens (tertiary/aromatic N) is 2. The maximum absolute atomic E-state index is 13.1. The van der Waals surface area contributed by atoms with Gasteiger partial charge in [-0.05, 0) is 74.1 Å². The van der Waals surface area contributed by atoms with Crippen molar-refractivity contribution in [1.82, 2.24) is 4.31 Å². The molecule has 0 unspecified atom stereocenters. The number of aryl methyl sites for hydroxylation is 1. The molecule has 2 aliphatic rings. The molecule has 0 bridgehead atoms. The van der Waals surface area contributed by atoms with Crippen LogP contribution >= 0.6 is 0 Å². The van der Waals surface area contributed by atoms with Gasteiger partial charge in [-0.3, -0.25) is 9.59 Å². The van der Waals surface area contributed by atoms with Gasteiger partial charge in [0.15, 0.2) is 0 Å². The molecule has 170 valence electrons. The molecule has 7 nitrogen and oxygen atoms in total. The van der Waals surface area contributed by atoms with Crippen molar-refractivity contribution in [2.24, 2.45) is 5.92 Å². The van der Waals surface area contributed by atoms with Gasteiger partial charge in [0.25, 0.3) is 0 Å². The molecule has 1 heterocycles. The number of fused-ring (bicyclic) bond motifs is 1. The molecule has 0 aromatic heterocycles.